The quantitative estimate of drug-likeness (QED) is 0.0187. The Balaban J connectivity index is 0.000000220. The fourth-order valence-electron chi connectivity index (χ4n) is 11.6. The first-order valence-corrected chi connectivity index (χ1v) is 37.3. The number of ether oxygens (including phenoxy) is 2. The second kappa shape index (κ2) is 52.9. The molecule has 0 bridgehead atoms. The number of carbonyl (C=O) groups excluding carboxylic acids is 3. The van der Waals surface area contributed by atoms with Gasteiger partial charge in [0.25, 0.3) is 0 Å². The molecule has 0 atom stereocenters. The van der Waals surface area contributed by atoms with E-state index >= 15 is 0 Å². The Morgan fingerprint density at radius 1 is 0.422 bits per heavy atom. The third-order valence-corrected chi connectivity index (χ3v) is 17.5. The van der Waals surface area contributed by atoms with Crippen molar-refractivity contribution in [3.05, 3.63) is 304 Å². The molecular weight excluding hydrogens is 1250 g/mol. The Hall–Kier alpha value is -9.99. The molecule has 102 heavy (non-hydrogen) atoms. The molecule has 4 heterocycles. The predicted molar refractivity (Wildman–Crippen MR) is 437 cm³/mol. The van der Waals surface area contributed by atoms with Crippen LogP contribution in [0.5, 0.6) is 0 Å². The van der Waals surface area contributed by atoms with Crippen molar-refractivity contribution >= 4 is 75.7 Å². The predicted octanol–water partition coefficient (Wildman–Crippen LogP) is 24.7. The van der Waals surface area contributed by atoms with Crippen LogP contribution in [0.3, 0.4) is 0 Å². The van der Waals surface area contributed by atoms with Crippen LogP contribution in [0.15, 0.2) is 270 Å². The molecule has 2 aliphatic heterocycles. The van der Waals surface area contributed by atoms with Gasteiger partial charge in [0.1, 0.15) is 0 Å². The van der Waals surface area contributed by atoms with Crippen molar-refractivity contribution in [2.24, 2.45) is 7.05 Å². The molecule has 9 heteroatoms. The largest absolute Gasteiger partial charge is 0.502 e. The van der Waals surface area contributed by atoms with E-state index in [1.807, 2.05) is 117 Å². The summed E-state index contributed by atoms with van der Waals surface area (Å²) in [6.07, 6.45) is 45.3. The molecule has 2 aliphatic rings. The zero-order valence-corrected chi connectivity index (χ0v) is 61.6. The molecule has 7 aromatic carbocycles. The molecule has 0 unspecified atom stereocenters. The summed E-state index contributed by atoms with van der Waals surface area (Å²) in [7, 11) is 2.05. The number of hydrogen-bond acceptors (Lipinski definition) is 5. The van der Waals surface area contributed by atoms with E-state index < -0.39 is 0 Å². The van der Waals surface area contributed by atoms with Gasteiger partial charge in [0, 0.05) is 68.3 Å². The van der Waals surface area contributed by atoms with E-state index in [0.29, 0.717) is 32.5 Å². The molecular formula is C93H116N4O5. The van der Waals surface area contributed by atoms with Crippen LogP contribution in [0, 0.1) is 0 Å². The van der Waals surface area contributed by atoms with Crippen LogP contribution >= 0.6 is 0 Å². The number of carbonyl (C=O) groups is 3. The monoisotopic (exact) mass is 1370 g/mol. The van der Waals surface area contributed by atoms with Gasteiger partial charge < -0.3 is 28.4 Å². The highest BCUT2D eigenvalue weighted by molar-refractivity contribution is 6.09. The molecule has 2 fully saturated rings. The third-order valence-electron chi connectivity index (χ3n) is 17.5. The van der Waals surface area contributed by atoms with Crippen LogP contribution in [0.1, 0.15) is 195 Å². The fourth-order valence-corrected chi connectivity index (χ4v) is 11.6. The van der Waals surface area contributed by atoms with Crippen molar-refractivity contribution < 1.29 is 23.9 Å². The van der Waals surface area contributed by atoms with E-state index in [1.54, 1.807) is 22.2 Å². The number of unbranched alkanes of at least 4 members (excludes halogenated alkanes) is 15. The summed E-state index contributed by atoms with van der Waals surface area (Å²) in [5, 5.41) is 2.57. The number of hydrogen-bond donors (Lipinski definition) is 0. The van der Waals surface area contributed by atoms with Crippen LogP contribution < -0.4 is 0 Å². The number of aromatic nitrogens is 2. The zero-order valence-electron chi connectivity index (χ0n) is 61.6. The lowest BCUT2D eigenvalue weighted by Crippen LogP contribution is -2.23. The second-order valence-corrected chi connectivity index (χ2v) is 25.4. The standard InChI is InChI=1S/C24H46O3.C14H11N.2C14H12.C13H13N.C8H13NO.C6H9NO/c1-3-5-6-7-8-9-10-11-12-13-14-15-16-17-18-21-24(25)27-23-20-19-22-26-4-2;1-2-15-13-9-5-3-7-11(13)12-8-4-6-10-14(12)15;1-12(13-8-4-2-5-9-13)14-10-6-3-7-11-14;1-3-7-13(8-4-1)11-12-14-9-5-2-6-10-14;1-14-11-5-8-13(14)10-9-12-6-3-2-4-7-12;1-2-9-7-5-3-4-6-8(9)10;1-2-7-5-3-4-6(7)8/h4H,2-3,5-23H2,1H3;2-10H,1H2;2-11H,1H2;1-12H;2-11H,1H3;2H,1,3-7H2;2H,1,3-5H2/b;;;12-11+;10-9+;;. The number of nitrogens with zero attached hydrogens (tertiary/aromatic N) is 4. The average Bonchev–Trinajstić information content (AvgIpc) is 1.62. The van der Waals surface area contributed by atoms with E-state index in [4.69, 9.17) is 9.47 Å². The SMILES string of the molecule is C(=C\c1ccccc1)/c1ccccc1.C=C(c1ccccc1)c1ccccc1.C=CN1CCCC1=O.C=CN1CCCCCC1=O.C=COCCCCOC(=O)CCCCCCCCCCCCCCCCC.C=Cn1c2ccccc2c2ccccc21.Cn1cccc1/C=C/c1ccccc1. The zero-order chi connectivity index (χ0) is 72.7. The maximum atomic E-state index is 11.6. The number of aryl methyl sites for hydroxylation is 1. The van der Waals surface area contributed by atoms with Crippen molar-refractivity contribution in [1.29, 1.82) is 0 Å². The molecule has 11 rings (SSSR count). The number of likely N-dealkylation sites (tertiary alicyclic amines) is 2. The lowest BCUT2D eigenvalue weighted by molar-refractivity contribution is -0.144. The molecule has 2 amide bonds. The minimum Gasteiger partial charge on any atom is -0.502 e. The molecule has 538 valence electrons. The number of benzene rings is 7. The van der Waals surface area contributed by atoms with Gasteiger partial charge in [-0.05, 0) is 115 Å². The van der Waals surface area contributed by atoms with Crippen LogP contribution in [-0.4, -0.2) is 63.0 Å². The Morgan fingerprint density at radius 3 is 1.24 bits per heavy atom. The van der Waals surface area contributed by atoms with Crippen molar-refractivity contribution in [2.45, 2.75) is 161 Å². The lowest BCUT2D eigenvalue weighted by atomic mass is 10.0. The smallest absolute Gasteiger partial charge is 0.305 e. The molecule has 2 aromatic heterocycles. The summed E-state index contributed by atoms with van der Waals surface area (Å²) in [5.74, 6) is 0.391. The topological polar surface area (TPSA) is 86.0 Å². The number of para-hydroxylation sites is 2. The van der Waals surface area contributed by atoms with E-state index in [0.717, 1.165) is 63.6 Å². The van der Waals surface area contributed by atoms with Gasteiger partial charge in [-0.1, -0.05) is 342 Å². The van der Waals surface area contributed by atoms with E-state index in [1.165, 1.54) is 151 Å². The molecule has 0 saturated carbocycles. The molecule has 0 N–H and O–H groups in total. The summed E-state index contributed by atoms with van der Waals surface area (Å²) in [5.41, 5.74) is 10.8. The third kappa shape index (κ3) is 33.9. The minimum atomic E-state index is -0.0469. The Kier molecular flexibility index (Phi) is 42.9. The second-order valence-electron chi connectivity index (χ2n) is 25.4. The van der Waals surface area contributed by atoms with Crippen molar-refractivity contribution in [2.75, 3.05) is 26.3 Å². The fraction of sp³-hybridized carbons (Fsp3) is 0.323. The minimum absolute atomic E-state index is 0.0469. The first kappa shape index (κ1) is 82.7. The van der Waals surface area contributed by atoms with Crippen LogP contribution in [0.4, 0.5) is 0 Å². The Bertz CT molecular complexity index is 3680. The van der Waals surface area contributed by atoms with Gasteiger partial charge in [0.2, 0.25) is 11.8 Å². The Morgan fingerprint density at radius 2 is 0.824 bits per heavy atom. The first-order valence-electron chi connectivity index (χ1n) is 37.3. The number of amides is 2. The molecule has 9 aromatic rings. The van der Waals surface area contributed by atoms with Crippen LogP contribution in [0.2, 0.25) is 0 Å². The molecule has 0 aliphatic carbocycles. The van der Waals surface area contributed by atoms with Gasteiger partial charge in [-0.15, -0.1) is 0 Å². The summed E-state index contributed by atoms with van der Waals surface area (Å²) in [6.45, 7) is 23.7. The molecule has 0 spiro atoms. The van der Waals surface area contributed by atoms with E-state index in [-0.39, 0.29) is 17.8 Å². The van der Waals surface area contributed by atoms with Gasteiger partial charge in [-0.2, -0.15) is 0 Å². The van der Waals surface area contributed by atoms with Crippen LogP contribution in [-0.2, 0) is 30.9 Å². The first-order chi connectivity index (χ1) is 50.1. The highest BCUT2D eigenvalue weighted by atomic mass is 16.5. The summed E-state index contributed by atoms with van der Waals surface area (Å²) in [6, 6.07) is 72.4. The number of esters is 1. The van der Waals surface area contributed by atoms with Gasteiger partial charge >= 0.3 is 5.97 Å². The van der Waals surface area contributed by atoms with Crippen molar-refractivity contribution in [3.8, 4) is 0 Å². The van der Waals surface area contributed by atoms with E-state index in [9.17, 15) is 14.4 Å². The molecule has 0 radical (unpaired) electrons. The van der Waals surface area contributed by atoms with Crippen molar-refractivity contribution in [1.82, 2.24) is 18.9 Å². The van der Waals surface area contributed by atoms with Crippen LogP contribution in [0.25, 0.3) is 57.9 Å². The van der Waals surface area contributed by atoms with Gasteiger partial charge in [-0.3, -0.25) is 14.4 Å². The van der Waals surface area contributed by atoms with E-state index in [2.05, 4.69) is 189 Å². The Labute approximate surface area is 613 Å². The maximum absolute atomic E-state index is 11.6. The summed E-state index contributed by atoms with van der Waals surface area (Å²) in [4.78, 5) is 36.7. The highest BCUT2D eigenvalue weighted by Gasteiger charge is 2.16. The number of fused-ring (bicyclic) bond motifs is 3. The lowest BCUT2D eigenvalue weighted by Gasteiger charge is -2.13. The van der Waals surface area contributed by atoms with Gasteiger partial charge in [0.05, 0.1) is 30.5 Å². The molecule has 9 nitrogen and oxygen atoms in total. The average molecular weight is 1370 g/mol. The summed E-state index contributed by atoms with van der Waals surface area (Å²) < 4.78 is 14.5. The van der Waals surface area contributed by atoms with Gasteiger partial charge in [0.15, 0.2) is 0 Å². The van der Waals surface area contributed by atoms with Crippen molar-refractivity contribution in [3.63, 3.8) is 0 Å². The van der Waals surface area contributed by atoms with Gasteiger partial charge in [-0.25, -0.2) is 0 Å². The normalized spacial score (nSPS) is 12.3. The maximum Gasteiger partial charge on any atom is 0.305 e. The molecule has 2 saturated heterocycles. The number of rotatable bonds is 31. The summed E-state index contributed by atoms with van der Waals surface area (Å²) >= 11 is 0. The highest BCUT2D eigenvalue weighted by Crippen LogP contribution is 2.29.